The molecule has 0 spiro atoms. The van der Waals surface area contributed by atoms with E-state index in [1.165, 1.54) is 0 Å². The van der Waals surface area contributed by atoms with Gasteiger partial charge in [0.1, 0.15) is 5.69 Å². The van der Waals surface area contributed by atoms with Crippen molar-refractivity contribution in [3.63, 3.8) is 0 Å². The molecule has 1 atom stereocenters. The van der Waals surface area contributed by atoms with Crippen molar-refractivity contribution >= 4 is 17.7 Å². The lowest BCUT2D eigenvalue weighted by atomic mass is 10.1. The van der Waals surface area contributed by atoms with E-state index in [1.807, 2.05) is 30.3 Å². The summed E-state index contributed by atoms with van der Waals surface area (Å²) >= 11 is 0. The fraction of sp³-hybridized carbons (Fsp3) is 0.312. The Morgan fingerprint density at radius 3 is 2.91 bits per heavy atom. The summed E-state index contributed by atoms with van der Waals surface area (Å²) in [6, 6.07) is 9.98. The van der Waals surface area contributed by atoms with E-state index in [1.54, 1.807) is 16.1 Å². The molecule has 6 nitrogen and oxygen atoms in total. The van der Waals surface area contributed by atoms with Crippen LogP contribution >= 0.6 is 0 Å². The third-order valence-electron chi connectivity index (χ3n) is 4.12. The van der Waals surface area contributed by atoms with Crippen LogP contribution in [0, 0.1) is 0 Å². The summed E-state index contributed by atoms with van der Waals surface area (Å²) in [6.07, 6.45) is 2.51. The van der Waals surface area contributed by atoms with Crippen molar-refractivity contribution < 1.29 is 4.79 Å². The lowest BCUT2D eigenvalue weighted by molar-refractivity contribution is 0.218. The molecule has 2 amide bonds. The Kier molecular flexibility index (Phi) is 2.96. The van der Waals surface area contributed by atoms with Gasteiger partial charge in [-0.15, -0.1) is 0 Å². The monoisotopic (exact) mass is 295 g/mol. The van der Waals surface area contributed by atoms with E-state index in [2.05, 4.69) is 21.9 Å². The van der Waals surface area contributed by atoms with Crippen molar-refractivity contribution in [2.24, 2.45) is 4.99 Å². The standard InChI is InChI=1S/C16H17N5O/c1-2-8-20-14-13(18-10-19-14)15-17-9-12(21(15)16(20)22)11-6-4-3-5-7-11/h3-7,10,12H,2,8-9H2,1H3,(H,18,19). The number of H-pyrrole nitrogens is 1. The number of benzene rings is 1. The zero-order valence-electron chi connectivity index (χ0n) is 12.4. The molecule has 0 saturated carbocycles. The van der Waals surface area contributed by atoms with Crippen molar-refractivity contribution in [2.75, 3.05) is 18.0 Å². The maximum atomic E-state index is 13.0. The molecule has 3 heterocycles. The Bertz CT molecular complexity index is 736. The van der Waals surface area contributed by atoms with Crippen molar-refractivity contribution in [2.45, 2.75) is 19.4 Å². The van der Waals surface area contributed by atoms with Crippen LogP contribution in [0.4, 0.5) is 10.6 Å². The number of carbonyl (C=O) groups is 1. The Morgan fingerprint density at radius 2 is 2.14 bits per heavy atom. The van der Waals surface area contributed by atoms with Crippen molar-refractivity contribution in [3.05, 3.63) is 47.9 Å². The van der Waals surface area contributed by atoms with Crippen LogP contribution in [0.15, 0.2) is 41.7 Å². The number of rotatable bonds is 3. The fourth-order valence-electron chi connectivity index (χ4n) is 3.13. The van der Waals surface area contributed by atoms with Gasteiger partial charge < -0.3 is 4.98 Å². The summed E-state index contributed by atoms with van der Waals surface area (Å²) in [5, 5.41) is 0. The van der Waals surface area contributed by atoms with E-state index in [-0.39, 0.29) is 12.1 Å². The van der Waals surface area contributed by atoms with Gasteiger partial charge in [-0.1, -0.05) is 37.3 Å². The molecule has 2 aliphatic rings. The Hall–Kier alpha value is -2.63. The van der Waals surface area contributed by atoms with Gasteiger partial charge in [0.25, 0.3) is 0 Å². The predicted octanol–water partition coefficient (Wildman–Crippen LogP) is 2.56. The van der Waals surface area contributed by atoms with Crippen LogP contribution in [-0.2, 0) is 0 Å². The molecule has 1 N–H and O–H groups in total. The van der Waals surface area contributed by atoms with E-state index < -0.39 is 0 Å². The first-order valence-electron chi connectivity index (χ1n) is 7.55. The first-order valence-corrected chi connectivity index (χ1v) is 7.55. The molecule has 0 bridgehead atoms. The molecule has 0 aliphatic carbocycles. The summed E-state index contributed by atoms with van der Waals surface area (Å²) in [5.41, 5.74) is 1.94. The molecule has 0 fully saturated rings. The number of imidazole rings is 1. The molecule has 2 aromatic rings. The van der Waals surface area contributed by atoms with E-state index in [0.29, 0.717) is 24.7 Å². The summed E-state index contributed by atoms with van der Waals surface area (Å²) < 4.78 is 0. The fourth-order valence-corrected chi connectivity index (χ4v) is 3.13. The number of nitrogens with one attached hydrogen (secondary N) is 1. The second-order valence-corrected chi connectivity index (χ2v) is 5.50. The van der Waals surface area contributed by atoms with E-state index in [4.69, 9.17) is 0 Å². The number of amidine groups is 1. The first-order chi connectivity index (χ1) is 10.8. The van der Waals surface area contributed by atoms with E-state index >= 15 is 0 Å². The van der Waals surface area contributed by atoms with Gasteiger partial charge in [0.15, 0.2) is 11.7 Å². The summed E-state index contributed by atoms with van der Waals surface area (Å²) in [6.45, 7) is 3.30. The second-order valence-electron chi connectivity index (χ2n) is 5.50. The molecule has 1 aromatic carbocycles. The number of fused-ring (bicyclic) bond motifs is 3. The Labute approximate surface area is 128 Å². The number of hydrogen-bond donors (Lipinski definition) is 1. The van der Waals surface area contributed by atoms with Crippen LogP contribution in [-0.4, -0.2) is 39.8 Å². The molecule has 0 saturated heterocycles. The molecule has 112 valence electrons. The first kappa shape index (κ1) is 13.1. The van der Waals surface area contributed by atoms with Gasteiger partial charge in [-0.3, -0.25) is 14.8 Å². The normalized spacial score (nSPS) is 20.0. The number of aromatic amines is 1. The van der Waals surface area contributed by atoms with Crippen LogP contribution in [0.1, 0.15) is 30.6 Å². The quantitative estimate of drug-likeness (QED) is 0.945. The molecular formula is C16H17N5O. The second kappa shape index (κ2) is 4.98. The zero-order chi connectivity index (χ0) is 15.1. The Morgan fingerprint density at radius 1 is 1.32 bits per heavy atom. The van der Waals surface area contributed by atoms with Crippen LogP contribution < -0.4 is 4.90 Å². The van der Waals surface area contributed by atoms with Crippen LogP contribution in [0.25, 0.3) is 0 Å². The van der Waals surface area contributed by atoms with Gasteiger partial charge in [-0.25, -0.2) is 9.78 Å². The number of urea groups is 1. The number of hydrogen-bond acceptors (Lipinski definition) is 3. The largest absolute Gasteiger partial charge is 0.340 e. The van der Waals surface area contributed by atoms with Crippen molar-refractivity contribution in [3.8, 4) is 0 Å². The maximum absolute atomic E-state index is 13.0. The zero-order valence-corrected chi connectivity index (χ0v) is 12.4. The number of carbonyl (C=O) groups excluding carboxylic acids is 1. The lowest BCUT2D eigenvalue weighted by Crippen LogP contribution is -2.51. The van der Waals surface area contributed by atoms with E-state index in [9.17, 15) is 4.79 Å². The smallest absolute Gasteiger partial charge is 0.332 e. The molecule has 4 rings (SSSR count). The minimum Gasteiger partial charge on any atom is -0.340 e. The highest BCUT2D eigenvalue weighted by molar-refractivity contribution is 6.18. The van der Waals surface area contributed by atoms with E-state index in [0.717, 1.165) is 17.7 Å². The van der Waals surface area contributed by atoms with Gasteiger partial charge in [-0.05, 0) is 12.0 Å². The average molecular weight is 295 g/mol. The van der Waals surface area contributed by atoms with Crippen molar-refractivity contribution in [1.29, 1.82) is 0 Å². The highest BCUT2D eigenvalue weighted by Gasteiger charge is 2.43. The summed E-state index contributed by atoms with van der Waals surface area (Å²) in [7, 11) is 0. The van der Waals surface area contributed by atoms with Gasteiger partial charge in [0.05, 0.1) is 18.9 Å². The number of anilines is 1. The number of amides is 2. The van der Waals surface area contributed by atoms with Crippen LogP contribution in [0.2, 0.25) is 0 Å². The molecule has 1 unspecified atom stereocenters. The predicted molar refractivity (Wildman–Crippen MR) is 84.0 cm³/mol. The number of aliphatic imine (C=N–C) groups is 1. The minimum absolute atomic E-state index is 0.0356. The molecular weight excluding hydrogens is 278 g/mol. The van der Waals surface area contributed by atoms with Crippen LogP contribution in [0.3, 0.4) is 0 Å². The molecule has 1 aromatic heterocycles. The maximum Gasteiger partial charge on any atom is 0.332 e. The SMILES string of the molecule is CCCN1C(=O)N2C(=NCC2c2ccccc2)c2[nH]cnc21. The van der Waals surface area contributed by atoms with Gasteiger partial charge in [0, 0.05) is 6.54 Å². The van der Waals surface area contributed by atoms with Gasteiger partial charge in [-0.2, -0.15) is 0 Å². The minimum atomic E-state index is -0.0421. The summed E-state index contributed by atoms with van der Waals surface area (Å²) in [4.78, 5) is 28.5. The average Bonchev–Trinajstić information content (AvgIpc) is 3.18. The molecule has 2 aliphatic heterocycles. The molecule has 0 radical (unpaired) electrons. The molecule has 6 heteroatoms. The van der Waals surface area contributed by atoms with Gasteiger partial charge in [0.2, 0.25) is 0 Å². The van der Waals surface area contributed by atoms with Crippen LogP contribution in [0.5, 0.6) is 0 Å². The van der Waals surface area contributed by atoms with Gasteiger partial charge >= 0.3 is 6.03 Å². The highest BCUT2D eigenvalue weighted by atomic mass is 16.2. The topological polar surface area (TPSA) is 64.6 Å². The Balaban J connectivity index is 1.78. The number of aromatic nitrogens is 2. The lowest BCUT2D eigenvalue weighted by Gasteiger charge is -2.35. The third-order valence-corrected chi connectivity index (χ3v) is 4.12. The number of nitrogens with zero attached hydrogens (tertiary/aromatic N) is 4. The van der Waals surface area contributed by atoms with Crippen molar-refractivity contribution in [1.82, 2.24) is 14.9 Å². The summed E-state index contributed by atoms with van der Waals surface area (Å²) in [5.74, 6) is 1.40. The third kappa shape index (κ3) is 1.76. The highest BCUT2D eigenvalue weighted by Crippen LogP contribution is 2.36. The molecule has 22 heavy (non-hydrogen) atoms.